The SMILES string of the molecule is COC(=O)C(Cc1ccccc1)NC(=O)C(CC(C)C)NC(=O)C(CCSC)NC(N)=O. The first-order valence-electron chi connectivity index (χ1n) is 10.4. The van der Waals surface area contributed by atoms with E-state index in [-0.39, 0.29) is 12.3 Å². The topological polar surface area (TPSA) is 140 Å². The minimum atomic E-state index is -0.905. The fourth-order valence-corrected chi connectivity index (χ4v) is 3.58. The highest BCUT2D eigenvalue weighted by molar-refractivity contribution is 7.98. The molecular formula is C22H34N4O5S. The molecule has 0 bridgehead atoms. The number of ether oxygens (including phenoxy) is 1. The molecule has 0 aliphatic carbocycles. The van der Waals surface area contributed by atoms with Crippen molar-refractivity contribution in [1.82, 2.24) is 16.0 Å². The van der Waals surface area contributed by atoms with Crippen LogP contribution in [0, 0.1) is 5.92 Å². The fraction of sp³-hybridized carbons (Fsp3) is 0.545. The summed E-state index contributed by atoms with van der Waals surface area (Å²) >= 11 is 1.52. The molecule has 1 aromatic rings. The van der Waals surface area contributed by atoms with Crippen LogP contribution in [0.2, 0.25) is 0 Å². The lowest BCUT2D eigenvalue weighted by atomic mass is 10.0. The maximum absolute atomic E-state index is 13.0. The van der Waals surface area contributed by atoms with Gasteiger partial charge in [-0.25, -0.2) is 9.59 Å². The average Bonchev–Trinajstić information content (AvgIpc) is 2.75. The van der Waals surface area contributed by atoms with E-state index >= 15 is 0 Å². The van der Waals surface area contributed by atoms with Gasteiger partial charge in [0.15, 0.2) is 0 Å². The molecule has 5 N–H and O–H groups in total. The van der Waals surface area contributed by atoms with Gasteiger partial charge in [0.2, 0.25) is 11.8 Å². The molecule has 3 unspecified atom stereocenters. The zero-order chi connectivity index (χ0) is 24.1. The van der Waals surface area contributed by atoms with E-state index in [0.29, 0.717) is 18.6 Å². The Balaban J connectivity index is 2.96. The third-order valence-electron chi connectivity index (χ3n) is 4.67. The molecule has 0 heterocycles. The number of benzene rings is 1. The second-order valence-electron chi connectivity index (χ2n) is 7.81. The lowest BCUT2D eigenvalue weighted by Crippen LogP contribution is -2.57. The van der Waals surface area contributed by atoms with E-state index in [0.717, 1.165) is 5.56 Å². The summed E-state index contributed by atoms with van der Waals surface area (Å²) in [6.07, 6.45) is 2.85. The van der Waals surface area contributed by atoms with Gasteiger partial charge in [0.25, 0.3) is 0 Å². The molecule has 1 rings (SSSR count). The van der Waals surface area contributed by atoms with Crippen LogP contribution in [0.1, 0.15) is 32.3 Å². The number of esters is 1. The number of thioether (sulfide) groups is 1. The molecular weight excluding hydrogens is 432 g/mol. The summed E-state index contributed by atoms with van der Waals surface area (Å²) in [4.78, 5) is 49.4. The van der Waals surface area contributed by atoms with Crippen LogP contribution >= 0.6 is 11.8 Å². The Morgan fingerprint density at radius 1 is 0.969 bits per heavy atom. The van der Waals surface area contributed by atoms with Crippen molar-refractivity contribution < 1.29 is 23.9 Å². The van der Waals surface area contributed by atoms with Gasteiger partial charge in [-0.05, 0) is 36.3 Å². The van der Waals surface area contributed by atoms with Gasteiger partial charge in [-0.3, -0.25) is 9.59 Å². The highest BCUT2D eigenvalue weighted by Gasteiger charge is 2.30. The highest BCUT2D eigenvalue weighted by Crippen LogP contribution is 2.10. The van der Waals surface area contributed by atoms with E-state index < -0.39 is 41.9 Å². The van der Waals surface area contributed by atoms with Gasteiger partial charge in [0.05, 0.1) is 7.11 Å². The molecule has 3 atom stereocenters. The molecule has 32 heavy (non-hydrogen) atoms. The predicted octanol–water partition coefficient (Wildman–Crippen LogP) is 1.21. The molecule has 0 saturated heterocycles. The van der Waals surface area contributed by atoms with E-state index in [9.17, 15) is 19.2 Å². The highest BCUT2D eigenvalue weighted by atomic mass is 32.2. The number of methoxy groups -OCH3 is 1. The molecule has 10 heteroatoms. The Kier molecular flexibility index (Phi) is 12.2. The summed E-state index contributed by atoms with van der Waals surface area (Å²) in [6, 6.07) is 5.77. The van der Waals surface area contributed by atoms with E-state index in [4.69, 9.17) is 10.5 Å². The van der Waals surface area contributed by atoms with E-state index in [1.165, 1.54) is 18.9 Å². The van der Waals surface area contributed by atoms with E-state index in [2.05, 4.69) is 16.0 Å². The van der Waals surface area contributed by atoms with Gasteiger partial charge in [0, 0.05) is 6.42 Å². The molecule has 0 aliphatic rings. The van der Waals surface area contributed by atoms with Crippen molar-refractivity contribution in [2.75, 3.05) is 19.1 Å². The summed E-state index contributed by atoms with van der Waals surface area (Å²) in [5.74, 6) is -0.867. The maximum Gasteiger partial charge on any atom is 0.328 e. The summed E-state index contributed by atoms with van der Waals surface area (Å²) < 4.78 is 4.85. The molecule has 178 valence electrons. The van der Waals surface area contributed by atoms with E-state index in [1.807, 2.05) is 50.4 Å². The molecule has 0 saturated carbocycles. The van der Waals surface area contributed by atoms with E-state index in [1.54, 1.807) is 0 Å². The van der Waals surface area contributed by atoms with Crippen molar-refractivity contribution >= 4 is 35.6 Å². The third-order valence-corrected chi connectivity index (χ3v) is 5.31. The third kappa shape index (κ3) is 10.0. The second kappa shape index (κ2) is 14.3. The first-order chi connectivity index (χ1) is 15.2. The number of hydrogen-bond donors (Lipinski definition) is 4. The lowest BCUT2D eigenvalue weighted by Gasteiger charge is -2.25. The molecule has 0 spiro atoms. The zero-order valence-electron chi connectivity index (χ0n) is 19.1. The Morgan fingerprint density at radius 2 is 1.56 bits per heavy atom. The van der Waals surface area contributed by atoms with Crippen LogP contribution in [0.5, 0.6) is 0 Å². The van der Waals surface area contributed by atoms with Gasteiger partial charge < -0.3 is 26.4 Å². The Bertz CT molecular complexity index is 760. The minimum Gasteiger partial charge on any atom is -0.467 e. The number of primary amides is 1. The number of nitrogens with one attached hydrogen (secondary N) is 3. The van der Waals surface area contributed by atoms with Gasteiger partial charge in [-0.2, -0.15) is 11.8 Å². The predicted molar refractivity (Wildman–Crippen MR) is 125 cm³/mol. The lowest BCUT2D eigenvalue weighted by molar-refractivity contribution is -0.145. The number of rotatable bonds is 13. The number of amides is 4. The summed E-state index contributed by atoms with van der Waals surface area (Å²) in [7, 11) is 1.26. The summed E-state index contributed by atoms with van der Waals surface area (Å²) in [5.41, 5.74) is 6.05. The first kappa shape index (κ1) is 27.3. The van der Waals surface area contributed by atoms with Crippen LogP contribution < -0.4 is 21.7 Å². The summed E-state index contributed by atoms with van der Waals surface area (Å²) in [5, 5.41) is 7.83. The maximum atomic E-state index is 13.0. The van der Waals surface area contributed by atoms with Crippen molar-refractivity contribution in [3.8, 4) is 0 Å². The molecule has 0 aromatic heterocycles. The number of carbonyl (C=O) groups is 4. The molecule has 0 radical (unpaired) electrons. The van der Waals surface area contributed by atoms with Gasteiger partial charge >= 0.3 is 12.0 Å². The number of carbonyl (C=O) groups excluding carboxylic acids is 4. The molecule has 4 amide bonds. The zero-order valence-corrected chi connectivity index (χ0v) is 19.9. The quantitative estimate of drug-likeness (QED) is 0.322. The van der Waals surface area contributed by atoms with Crippen molar-refractivity contribution in [3.63, 3.8) is 0 Å². The summed E-state index contributed by atoms with van der Waals surface area (Å²) in [6.45, 7) is 3.84. The number of hydrogen-bond acceptors (Lipinski definition) is 6. The van der Waals surface area contributed by atoms with Gasteiger partial charge in [0.1, 0.15) is 18.1 Å². The molecule has 0 aliphatic heterocycles. The van der Waals surface area contributed by atoms with Crippen LogP contribution in [-0.4, -0.2) is 61.1 Å². The molecule has 0 fully saturated rings. The monoisotopic (exact) mass is 466 g/mol. The minimum absolute atomic E-state index is 0.0884. The Hall–Kier alpha value is -2.75. The Morgan fingerprint density at radius 3 is 2.09 bits per heavy atom. The van der Waals surface area contributed by atoms with Crippen LogP contribution in [0.3, 0.4) is 0 Å². The Labute approximate surface area is 193 Å². The standard InChI is InChI=1S/C22H34N4O5S/c1-14(2)12-17(24-19(27)16(10-11-32-4)26-22(23)30)20(28)25-18(21(29)31-3)13-15-8-6-5-7-9-15/h5-9,14,16-18H,10-13H2,1-4H3,(H,24,27)(H,25,28)(H3,23,26,30). The fourth-order valence-electron chi connectivity index (χ4n) is 3.11. The van der Waals surface area contributed by atoms with Crippen LogP contribution in [0.4, 0.5) is 4.79 Å². The van der Waals surface area contributed by atoms with Crippen molar-refractivity contribution in [1.29, 1.82) is 0 Å². The second-order valence-corrected chi connectivity index (χ2v) is 8.79. The van der Waals surface area contributed by atoms with Gasteiger partial charge in [-0.1, -0.05) is 44.2 Å². The van der Waals surface area contributed by atoms with Gasteiger partial charge in [-0.15, -0.1) is 0 Å². The smallest absolute Gasteiger partial charge is 0.328 e. The normalized spacial score (nSPS) is 13.5. The molecule has 9 nitrogen and oxygen atoms in total. The largest absolute Gasteiger partial charge is 0.467 e. The van der Waals surface area contributed by atoms with Crippen LogP contribution in [0.15, 0.2) is 30.3 Å². The average molecular weight is 467 g/mol. The van der Waals surface area contributed by atoms with Crippen LogP contribution in [0.25, 0.3) is 0 Å². The van der Waals surface area contributed by atoms with Crippen molar-refractivity contribution in [2.45, 2.75) is 51.2 Å². The molecule has 1 aromatic carbocycles. The first-order valence-corrected chi connectivity index (χ1v) is 11.8. The number of nitrogens with two attached hydrogens (primary N) is 1. The van der Waals surface area contributed by atoms with Crippen molar-refractivity contribution in [3.05, 3.63) is 35.9 Å². The number of urea groups is 1. The van der Waals surface area contributed by atoms with Crippen LogP contribution in [-0.2, 0) is 25.5 Å². The van der Waals surface area contributed by atoms with Crippen molar-refractivity contribution in [2.24, 2.45) is 11.7 Å².